The van der Waals surface area contributed by atoms with Gasteiger partial charge in [-0.15, -0.1) is 0 Å². The third-order valence-electron chi connectivity index (χ3n) is 2.16. The van der Waals surface area contributed by atoms with Crippen LogP contribution in [0.15, 0.2) is 58.7 Å². The zero-order valence-electron chi connectivity index (χ0n) is 9.01. The average Bonchev–Trinajstić information content (AvgIpc) is 2.82. The molecule has 0 bridgehead atoms. The molecule has 2 nitrogen and oxygen atoms in total. The van der Waals surface area contributed by atoms with Gasteiger partial charge < -0.3 is 5.32 Å². The topological polar surface area (TPSA) is 29.1 Å². The molecular weight excluding hydrogens is 237 g/mol. The SMILES string of the molecule is O=C(C=C[SH]1C=CC=C1)Nc1ccccc1F. The van der Waals surface area contributed by atoms with Crippen LogP contribution < -0.4 is 5.32 Å². The Hall–Kier alpha value is -1.81. The summed E-state index contributed by atoms with van der Waals surface area (Å²) in [6.07, 6.45) is 5.34. The summed E-state index contributed by atoms with van der Waals surface area (Å²) in [5.41, 5.74) is 0.201. The van der Waals surface area contributed by atoms with Crippen molar-refractivity contribution >= 4 is 22.5 Å². The highest BCUT2D eigenvalue weighted by Gasteiger charge is 2.03. The molecule has 88 valence electrons. The second kappa shape index (κ2) is 5.50. The van der Waals surface area contributed by atoms with Crippen molar-refractivity contribution in [2.75, 3.05) is 5.32 Å². The Morgan fingerprint density at radius 1 is 1.24 bits per heavy atom. The van der Waals surface area contributed by atoms with Gasteiger partial charge in [0.05, 0.1) is 5.69 Å². The smallest absolute Gasteiger partial charge is 0.248 e. The van der Waals surface area contributed by atoms with Gasteiger partial charge in [0.15, 0.2) is 0 Å². The van der Waals surface area contributed by atoms with Crippen LogP contribution in [0, 0.1) is 5.82 Å². The lowest BCUT2D eigenvalue weighted by molar-refractivity contribution is -0.111. The molecule has 1 amide bonds. The van der Waals surface area contributed by atoms with E-state index in [1.165, 1.54) is 18.2 Å². The lowest BCUT2D eigenvalue weighted by Gasteiger charge is -2.04. The fourth-order valence-corrected chi connectivity index (χ4v) is 2.54. The number of nitrogens with one attached hydrogen (secondary N) is 1. The molecule has 1 aliphatic rings. The Morgan fingerprint density at radius 2 is 1.94 bits per heavy atom. The first-order valence-electron chi connectivity index (χ1n) is 5.12. The molecule has 0 atom stereocenters. The van der Waals surface area contributed by atoms with Gasteiger partial charge in [0.25, 0.3) is 0 Å². The molecule has 0 unspecified atom stereocenters. The van der Waals surface area contributed by atoms with Crippen LogP contribution in [0.25, 0.3) is 0 Å². The van der Waals surface area contributed by atoms with Crippen LogP contribution in [0.2, 0.25) is 0 Å². The normalized spacial score (nSPS) is 15.7. The van der Waals surface area contributed by atoms with E-state index in [1.54, 1.807) is 12.1 Å². The van der Waals surface area contributed by atoms with Crippen molar-refractivity contribution in [3.63, 3.8) is 0 Å². The maximum atomic E-state index is 13.2. The van der Waals surface area contributed by atoms with Crippen LogP contribution in [0.4, 0.5) is 10.1 Å². The highest BCUT2D eigenvalue weighted by molar-refractivity contribution is 8.24. The third kappa shape index (κ3) is 3.32. The van der Waals surface area contributed by atoms with Gasteiger partial charge >= 0.3 is 0 Å². The minimum atomic E-state index is -0.456. The number of allylic oxidation sites excluding steroid dienone is 2. The second-order valence-corrected chi connectivity index (χ2v) is 5.20. The first kappa shape index (κ1) is 11.7. The monoisotopic (exact) mass is 249 g/mol. The number of hydrogen-bond donors (Lipinski definition) is 2. The van der Waals surface area contributed by atoms with Gasteiger partial charge in [0, 0.05) is 6.08 Å². The van der Waals surface area contributed by atoms with E-state index < -0.39 is 16.7 Å². The summed E-state index contributed by atoms with van der Waals surface area (Å²) in [7, 11) is -0.456. The summed E-state index contributed by atoms with van der Waals surface area (Å²) in [5.74, 6) is -0.744. The Labute approximate surface area is 102 Å². The number of thiol groups is 1. The minimum absolute atomic E-state index is 0.201. The molecule has 1 aromatic rings. The van der Waals surface area contributed by atoms with Gasteiger partial charge in [0.1, 0.15) is 5.82 Å². The van der Waals surface area contributed by atoms with E-state index in [0.717, 1.165) is 0 Å². The van der Waals surface area contributed by atoms with Gasteiger partial charge in [-0.25, -0.2) is 4.39 Å². The van der Waals surface area contributed by atoms with E-state index in [9.17, 15) is 9.18 Å². The van der Waals surface area contributed by atoms with Crippen molar-refractivity contribution in [3.05, 3.63) is 64.5 Å². The van der Waals surface area contributed by atoms with E-state index in [1.807, 2.05) is 28.4 Å². The quantitative estimate of drug-likeness (QED) is 0.624. The maximum absolute atomic E-state index is 13.2. The maximum Gasteiger partial charge on any atom is 0.248 e. The number of carbonyl (C=O) groups excluding carboxylic acids is 1. The van der Waals surface area contributed by atoms with Crippen LogP contribution in [0.3, 0.4) is 0 Å². The summed E-state index contributed by atoms with van der Waals surface area (Å²) in [5, 5.41) is 8.38. The van der Waals surface area contributed by atoms with E-state index in [2.05, 4.69) is 5.32 Å². The standard InChI is InChI=1S/C13H12FNOS/c14-11-5-1-2-6-12(11)15-13(16)7-10-17-8-3-4-9-17/h1-10,17H,(H,15,16). The third-order valence-corrected chi connectivity index (χ3v) is 3.68. The lowest BCUT2D eigenvalue weighted by atomic mass is 10.3. The number of amides is 1. The number of rotatable bonds is 3. The molecule has 1 heterocycles. The van der Waals surface area contributed by atoms with Crippen LogP contribution in [0.1, 0.15) is 0 Å². The first-order chi connectivity index (χ1) is 8.25. The highest BCUT2D eigenvalue weighted by Crippen LogP contribution is 2.33. The number of halogens is 1. The molecule has 1 aromatic carbocycles. The predicted molar refractivity (Wildman–Crippen MR) is 71.4 cm³/mol. The predicted octanol–water partition coefficient (Wildman–Crippen LogP) is 3.32. The van der Waals surface area contributed by atoms with Crippen LogP contribution in [0.5, 0.6) is 0 Å². The molecule has 0 saturated carbocycles. The fourth-order valence-electron chi connectivity index (χ4n) is 1.34. The van der Waals surface area contributed by atoms with Crippen molar-refractivity contribution in [2.45, 2.75) is 0 Å². The molecule has 0 aromatic heterocycles. The van der Waals surface area contributed by atoms with E-state index in [4.69, 9.17) is 0 Å². The molecule has 1 N–H and O–H groups in total. The summed E-state index contributed by atoms with van der Waals surface area (Å²) >= 11 is 0. The fraction of sp³-hybridized carbons (Fsp3) is 0. The Kier molecular flexibility index (Phi) is 3.77. The zero-order chi connectivity index (χ0) is 12.1. The van der Waals surface area contributed by atoms with Crippen molar-refractivity contribution in [1.82, 2.24) is 0 Å². The molecule has 0 spiro atoms. The van der Waals surface area contributed by atoms with Gasteiger partial charge in [-0.1, -0.05) is 24.3 Å². The first-order valence-corrected chi connectivity index (χ1v) is 6.67. The molecule has 0 saturated heterocycles. The minimum Gasteiger partial charge on any atom is -0.320 e. The lowest BCUT2D eigenvalue weighted by Crippen LogP contribution is -2.08. The number of hydrogen-bond acceptors (Lipinski definition) is 1. The van der Waals surface area contributed by atoms with E-state index in [-0.39, 0.29) is 11.6 Å². The largest absolute Gasteiger partial charge is 0.320 e. The summed E-state index contributed by atoms with van der Waals surface area (Å²) in [6, 6.07) is 6.10. The van der Waals surface area contributed by atoms with Crippen molar-refractivity contribution in [1.29, 1.82) is 0 Å². The summed E-state index contributed by atoms with van der Waals surface area (Å²) < 4.78 is 13.2. The van der Waals surface area contributed by atoms with E-state index in [0.29, 0.717) is 0 Å². The molecule has 2 rings (SSSR count). The van der Waals surface area contributed by atoms with Crippen LogP contribution >= 0.6 is 10.9 Å². The van der Waals surface area contributed by atoms with Gasteiger partial charge in [0.2, 0.25) is 5.91 Å². The number of para-hydroxylation sites is 1. The molecule has 1 aliphatic heterocycles. The zero-order valence-corrected chi connectivity index (χ0v) is 9.90. The van der Waals surface area contributed by atoms with Gasteiger partial charge in [-0.3, -0.25) is 4.79 Å². The Morgan fingerprint density at radius 3 is 2.65 bits per heavy atom. The van der Waals surface area contributed by atoms with Crippen molar-refractivity contribution < 1.29 is 9.18 Å². The second-order valence-electron chi connectivity index (χ2n) is 3.42. The van der Waals surface area contributed by atoms with Crippen LogP contribution in [-0.4, -0.2) is 5.91 Å². The highest BCUT2D eigenvalue weighted by atomic mass is 32.2. The molecule has 0 radical (unpaired) electrons. The van der Waals surface area contributed by atoms with Gasteiger partial charge in [-0.2, -0.15) is 10.9 Å². The molecule has 0 fully saturated rings. The van der Waals surface area contributed by atoms with E-state index >= 15 is 0 Å². The summed E-state index contributed by atoms with van der Waals surface area (Å²) in [4.78, 5) is 11.5. The number of anilines is 1. The van der Waals surface area contributed by atoms with Crippen molar-refractivity contribution in [2.24, 2.45) is 0 Å². The molecule has 17 heavy (non-hydrogen) atoms. The summed E-state index contributed by atoms with van der Waals surface area (Å²) in [6.45, 7) is 0. The van der Waals surface area contributed by atoms with Crippen molar-refractivity contribution in [3.8, 4) is 0 Å². The van der Waals surface area contributed by atoms with Crippen LogP contribution in [-0.2, 0) is 4.79 Å². The molecule has 4 heteroatoms. The molecule has 0 aliphatic carbocycles. The Balaban J connectivity index is 1.95. The molecular formula is C13H12FNOS. The number of carbonyl (C=O) groups is 1. The number of benzene rings is 1. The average molecular weight is 249 g/mol. The Bertz CT molecular complexity index is 496. The van der Waals surface area contributed by atoms with Gasteiger partial charge in [-0.05, 0) is 28.4 Å².